The number of aromatic nitrogens is 2. The van der Waals surface area contributed by atoms with Gasteiger partial charge in [0.05, 0.1) is 6.20 Å². The second-order valence-corrected chi connectivity index (χ2v) is 6.95. The fourth-order valence-corrected chi connectivity index (χ4v) is 3.18. The van der Waals surface area contributed by atoms with Gasteiger partial charge < -0.3 is 0 Å². The zero-order valence-corrected chi connectivity index (χ0v) is 16.2. The predicted octanol–water partition coefficient (Wildman–Crippen LogP) is 6.33. The quantitative estimate of drug-likeness (QED) is 0.342. The predicted molar refractivity (Wildman–Crippen MR) is 110 cm³/mol. The van der Waals surface area contributed by atoms with Crippen LogP contribution < -0.4 is 0 Å². The highest BCUT2D eigenvalue weighted by atomic mass is 19.1. The summed E-state index contributed by atoms with van der Waals surface area (Å²) in [6.07, 6.45) is 8.82. The molecule has 0 saturated carbocycles. The monoisotopic (exact) mass is 373 g/mol. The molecule has 0 fully saturated rings. The SMILES string of the molecule is CCCCCCCc1ccc(-c2ccc(-c3ncc(C#N)c(F)n3)cc2)cc1. The molecule has 4 heteroatoms. The summed E-state index contributed by atoms with van der Waals surface area (Å²) >= 11 is 0. The number of benzene rings is 2. The Labute approximate surface area is 165 Å². The van der Waals surface area contributed by atoms with Crippen molar-refractivity contribution < 1.29 is 4.39 Å². The van der Waals surface area contributed by atoms with Crippen LogP contribution in [-0.2, 0) is 6.42 Å². The first-order chi connectivity index (χ1) is 13.7. The standard InChI is InChI=1S/C24H24FN3/c1-2-3-4-5-6-7-18-8-10-19(11-9-18)20-12-14-21(15-13-20)24-27-17-22(16-26)23(25)28-24/h8-15,17H,2-7H2,1H3. The number of nitriles is 1. The van der Waals surface area contributed by atoms with E-state index in [1.54, 1.807) is 6.07 Å². The summed E-state index contributed by atoms with van der Waals surface area (Å²) in [4.78, 5) is 7.84. The first-order valence-corrected chi connectivity index (χ1v) is 9.83. The van der Waals surface area contributed by atoms with Crippen LogP contribution in [0.2, 0.25) is 0 Å². The van der Waals surface area contributed by atoms with Crippen LogP contribution in [0.25, 0.3) is 22.5 Å². The van der Waals surface area contributed by atoms with Gasteiger partial charge in [-0.1, -0.05) is 81.1 Å². The third-order valence-corrected chi connectivity index (χ3v) is 4.86. The van der Waals surface area contributed by atoms with Crippen molar-refractivity contribution in [3.63, 3.8) is 0 Å². The van der Waals surface area contributed by atoms with E-state index in [0.717, 1.165) is 23.1 Å². The van der Waals surface area contributed by atoms with Crippen molar-refractivity contribution in [3.05, 3.63) is 71.8 Å². The van der Waals surface area contributed by atoms with Gasteiger partial charge in [-0.25, -0.2) is 4.98 Å². The minimum absolute atomic E-state index is 0.147. The van der Waals surface area contributed by atoms with Crippen LogP contribution in [0.15, 0.2) is 54.7 Å². The van der Waals surface area contributed by atoms with Crippen molar-refractivity contribution in [1.82, 2.24) is 9.97 Å². The zero-order chi connectivity index (χ0) is 19.8. The van der Waals surface area contributed by atoms with E-state index >= 15 is 0 Å². The summed E-state index contributed by atoms with van der Waals surface area (Å²) < 4.78 is 13.7. The van der Waals surface area contributed by atoms with Crippen molar-refractivity contribution in [2.75, 3.05) is 0 Å². The Morgan fingerprint density at radius 2 is 1.46 bits per heavy atom. The van der Waals surface area contributed by atoms with Gasteiger partial charge in [-0.2, -0.15) is 14.6 Å². The van der Waals surface area contributed by atoms with Gasteiger partial charge in [0.15, 0.2) is 5.82 Å². The van der Waals surface area contributed by atoms with E-state index in [-0.39, 0.29) is 11.4 Å². The van der Waals surface area contributed by atoms with Crippen molar-refractivity contribution in [3.8, 4) is 28.6 Å². The van der Waals surface area contributed by atoms with Gasteiger partial charge in [-0.05, 0) is 29.5 Å². The Kier molecular flexibility index (Phi) is 6.86. The van der Waals surface area contributed by atoms with Gasteiger partial charge in [0.2, 0.25) is 5.95 Å². The summed E-state index contributed by atoms with van der Waals surface area (Å²) in [7, 11) is 0. The molecule has 0 N–H and O–H groups in total. The molecular formula is C24H24FN3. The smallest absolute Gasteiger partial charge is 0.234 e. The van der Waals surface area contributed by atoms with Crippen molar-refractivity contribution in [2.24, 2.45) is 0 Å². The minimum Gasteiger partial charge on any atom is -0.235 e. The molecule has 28 heavy (non-hydrogen) atoms. The molecule has 1 heterocycles. The molecule has 0 bridgehead atoms. The highest BCUT2D eigenvalue weighted by Gasteiger charge is 2.08. The van der Waals surface area contributed by atoms with Crippen LogP contribution in [0.4, 0.5) is 4.39 Å². The lowest BCUT2D eigenvalue weighted by Crippen LogP contribution is -1.96. The second kappa shape index (κ2) is 9.75. The third kappa shape index (κ3) is 5.01. The maximum Gasteiger partial charge on any atom is 0.234 e. The van der Waals surface area contributed by atoms with Crippen LogP contribution in [0.3, 0.4) is 0 Å². The van der Waals surface area contributed by atoms with Crippen LogP contribution in [0.1, 0.15) is 50.2 Å². The molecule has 3 rings (SSSR count). The molecule has 0 aliphatic heterocycles. The number of unbranched alkanes of at least 4 members (excludes halogenated alkanes) is 4. The number of rotatable bonds is 8. The lowest BCUT2D eigenvalue weighted by molar-refractivity contribution is 0.577. The Balaban J connectivity index is 1.65. The normalized spacial score (nSPS) is 10.6. The van der Waals surface area contributed by atoms with E-state index in [0.29, 0.717) is 0 Å². The maximum absolute atomic E-state index is 13.7. The summed E-state index contributed by atoms with van der Waals surface area (Å²) in [6.45, 7) is 2.24. The Morgan fingerprint density at radius 1 is 0.857 bits per heavy atom. The average Bonchev–Trinajstić information content (AvgIpc) is 2.74. The van der Waals surface area contributed by atoms with Gasteiger partial charge in [0.25, 0.3) is 0 Å². The van der Waals surface area contributed by atoms with Gasteiger partial charge in [0.1, 0.15) is 11.6 Å². The summed E-state index contributed by atoms with van der Waals surface area (Å²) in [6, 6.07) is 18.1. The van der Waals surface area contributed by atoms with Crippen LogP contribution in [0.5, 0.6) is 0 Å². The lowest BCUT2D eigenvalue weighted by Gasteiger charge is -2.06. The highest BCUT2D eigenvalue weighted by Crippen LogP contribution is 2.24. The van der Waals surface area contributed by atoms with Crippen LogP contribution in [0, 0.1) is 17.3 Å². The maximum atomic E-state index is 13.7. The Hall–Kier alpha value is -3.06. The van der Waals surface area contributed by atoms with E-state index in [2.05, 4.69) is 41.2 Å². The molecule has 0 aliphatic carbocycles. The van der Waals surface area contributed by atoms with Crippen LogP contribution in [-0.4, -0.2) is 9.97 Å². The third-order valence-electron chi connectivity index (χ3n) is 4.86. The number of halogens is 1. The van der Waals surface area contributed by atoms with E-state index < -0.39 is 5.95 Å². The lowest BCUT2D eigenvalue weighted by atomic mass is 10.00. The van der Waals surface area contributed by atoms with Gasteiger partial charge in [-0.15, -0.1) is 0 Å². The average molecular weight is 373 g/mol. The molecule has 0 radical (unpaired) electrons. The van der Waals surface area contributed by atoms with E-state index in [1.807, 2.05) is 24.3 Å². The molecule has 2 aromatic carbocycles. The van der Waals surface area contributed by atoms with Gasteiger partial charge in [0, 0.05) is 5.56 Å². The van der Waals surface area contributed by atoms with Crippen molar-refractivity contribution in [2.45, 2.75) is 45.4 Å². The molecule has 0 spiro atoms. The fraction of sp³-hybridized carbons (Fsp3) is 0.292. The molecule has 0 aliphatic rings. The van der Waals surface area contributed by atoms with E-state index in [9.17, 15) is 4.39 Å². The zero-order valence-electron chi connectivity index (χ0n) is 16.2. The Bertz CT molecular complexity index is 941. The molecule has 0 amide bonds. The van der Waals surface area contributed by atoms with E-state index in [4.69, 9.17) is 5.26 Å². The number of hydrogen-bond acceptors (Lipinski definition) is 3. The van der Waals surface area contributed by atoms with Crippen LogP contribution >= 0.6 is 0 Å². The second-order valence-electron chi connectivity index (χ2n) is 6.95. The number of nitrogens with zero attached hydrogens (tertiary/aromatic N) is 3. The molecule has 3 aromatic rings. The molecule has 0 saturated heterocycles. The number of hydrogen-bond donors (Lipinski definition) is 0. The summed E-state index contributed by atoms with van der Waals surface area (Å²) in [5.74, 6) is -0.511. The molecule has 0 atom stereocenters. The molecular weight excluding hydrogens is 349 g/mol. The minimum atomic E-state index is -0.790. The molecule has 1 aromatic heterocycles. The van der Waals surface area contributed by atoms with Crippen molar-refractivity contribution in [1.29, 1.82) is 5.26 Å². The van der Waals surface area contributed by atoms with Gasteiger partial charge in [-0.3, -0.25) is 0 Å². The summed E-state index contributed by atoms with van der Waals surface area (Å²) in [5, 5.41) is 8.77. The number of aryl methyl sites for hydroxylation is 1. The molecule has 0 unspecified atom stereocenters. The molecule has 3 nitrogen and oxygen atoms in total. The fourth-order valence-electron chi connectivity index (χ4n) is 3.18. The first-order valence-electron chi connectivity index (χ1n) is 9.83. The largest absolute Gasteiger partial charge is 0.235 e. The van der Waals surface area contributed by atoms with E-state index in [1.165, 1.54) is 43.9 Å². The molecule has 142 valence electrons. The summed E-state index contributed by atoms with van der Waals surface area (Å²) in [5.41, 5.74) is 4.18. The first kappa shape index (κ1) is 19.7. The highest BCUT2D eigenvalue weighted by molar-refractivity contribution is 5.67. The topological polar surface area (TPSA) is 49.6 Å². The van der Waals surface area contributed by atoms with Crippen molar-refractivity contribution >= 4 is 0 Å². The van der Waals surface area contributed by atoms with Gasteiger partial charge >= 0.3 is 0 Å². The Morgan fingerprint density at radius 3 is 2.07 bits per heavy atom.